The average Bonchev–Trinajstić information content (AvgIpc) is 2.79. The number of aliphatic hydroxyl groups is 1. The number of carbonyl (C=O) groups is 1. The van der Waals surface area contributed by atoms with E-state index in [4.69, 9.17) is 14.2 Å². The first kappa shape index (κ1) is 24.5. The number of amides is 1. The van der Waals surface area contributed by atoms with Gasteiger partial charge in [0.1, 0.15) is 22.9 Å². The summed E-state index contributed by atoms with van der Waals surface area (Å²) in [5, 5.41) is 9.74. The Labute approximate surface area is 200 Å². The van der Waals surface area contributed by atoms with Crippen molar-refractivity contribution in [2.24, 2.45) is 0 Å². The number of fused-ring (bicyclic) bond motifs is 1. The first-order chi connectivity index (χ1) is 16.2. The van der Waals surface area contributed by atoms with Crippen LogP contribution in [-0.2, 0) is 11.3 Å². The SMILES string of the molecule is CC(C)Oc1ccc(C(=O)N2CCC3(CC2)C[C@@H](OC(C)C)c2cc(F)ccc2O3)cc1CO. The van der Waals surface area contributed by atoms with Gasteiger partial charge in [-0.3, -0.25) is 4.79 Å². The lowest BCUT2D eigenvalue weighted by atomic mass is 9.81. The molecule has 1 amide bonds. The van der Waals surface area contributed by atoms with E-state index in [1.807, 2.05) is 32.6 Å². The summed E-state index contributed by atoms with van der Waals surface area (Å²) < 4.78 is 32.2. The van der Waals surface area contributed by atoms with Crippen LogP contribution < -0.4 is 9.47 Å². The molecule has 4 rings (SSSR count). The summed E-state index contributed by atoms with van der Waals surface area (Å²) in [5.41, 5.74) is 1.42. The maximum atomic E-state index is 13.9. The summed E-state index contributed by atoms with van der Waals surface area (Å²) in [6.07, 6.45) is 1.68. The summed E-state index contributed by atoms with van der Waals surface area (Å²) in [7, 11) is 0. The predicted octanol–water partition coefficient (Wildman–Crippen LogP) is 5.03. The highest BCUT2D eigenvalue weighted by molar-refractivity contribution is 5.94. The van der Waals surface area contributed by atoms with Gasteiger partial charge in [-0.25, -0.2) is 4.39 Å². The fourth-order valence-corrected chi connectivity index (χ4v) is 4.85. The van der Waals surface area contributed by atoms with E-state index in [-0.39, 0.29) is 36.6 Å². The fraction of sp³-hybridized carbons (Fsp3) is 0.519. The van der Waals surface area contributed by atoms with Gasteiger partial charge >= 0.3 is 0 Å². The minimum Gasteiger partial charge on any atom is -0.491 e. The van der Waals surface area contributed by atoms with Crippen LogP contribution in [0.3, 0.4) is 0 Å². The van der Waals surface area contributed by atoms with Crippen LogP contribution in [0.4, 0.5) is 4.39 Å². The molecule has 2 aliphatic heterocycles. The molecule has 2 aromatic rings. The number of aliphatic hydroxyl groups excluding tert-OH is 1. The summed E-state index contributed by atoms with van der Waals surface area (Å²) in [6.45, 7) is 8.68. The molecule has 1 atom stereocenters. The zero-order chi connectivity index (χ0) is 24.5. The van der Waals surface area contributed by atoms with E-state index in [0.29, 0.717) is 55.0 Å². The highest BCUT2D eigenvalue weighted by Gasteiger charge is 2.45. The van der Waals surface area contributed by atoms with Gasteiger partial charge in [-0.2, -0.15) is 0 Å². The lowest BCUT2D eigenvalue weighted by Crippen LogP contribution is -2.52. The number of nitrogens with zero attached hydrogens (tertiary/aromatic N) is 1. The van der Waals surface area contributed by atoms with Crippen molar-refractivity contribution >= 4 is 5.91 Å². The molecule has 34 heavy (non-hydrogen) atoms. The molecule has 0 aromatic heterocycles. The van der Waals surface area contributed by atoms with Gasteiger partial charge in [-0.15, -0.1) is 0 Å². The number of carbonyl (C=O) groups excluding carboxylic acids is 1. The van der Waals surface area contributed by atoms with Crippen LogP contribution in [-0.4, -0.2) is 46.8 Å². The van der Waals surface area contributed by atoms with Crippen molar-refractivity contribution in [2.75, 3.05) is 13.1 Å². The van der Waals surface area contributed by atoms with Crippen LogP contribution in [0, 0.1) is 5.82 Å². The Morgan fingerprint density at radius 2 is 1.88 bits per heavy atom. The van der Waals surface area contributed by atoms with Gasteiger partial charge in [0, 0.05) is 49.0 Å². The smallest absolute Gasteiger partial charge is 0.253 e. The third-order valence-corrected chi connectivity index (χ3v) is 6.44. The highest BCUT2D eigenvalue weighted by atomic mass is 19.1. The van der Waals surface area contributed by atoms with Crippen molar-refractivity contribution in [3.05, 3.63) is 58.9 Å². The molecular weight excluding hydrogens is 437 g/mol. The van der Waals surface area contributed by atoms with Crippen molar-refractivity contribution in [3.63, 3.8) is 0 Å². The van der Waals surface area contributed by atoms with Crippen LogP contribution in [0.25, 0.3) is 0 Å². The van der Waals surface area contributed by atoms with Gasteiger partial charge in [-0.05, 0) is 64.1 Å². The molecule has 2 heterocycles. The topological polar surface area (TPSA) is 68.2 Å². The molecule has 184 valence electrons. The molecule has 0 aliphatic carbocycles. The molecule has 2 aliphatic rings. The molecule has 1 spiro atoms. The van der Waals surface area contributed by atoms with Crippen LogP contribution in [0.15, 0.2) is 36.4 Å². The molecule has 0 saturated carbocycles. The van der Waals surface area contributed by atoms with E-state index >= 15 is 0 Å². The number of benzene rings is 2. The average molecular weight is 472 g/mol. The van der Waals surface area contributed by atoms with Crippen LogP contribution in [0.1, 0.15) is 74.5 Å². The summed E-state index contributed by atoms with van der Waals surface area (Å²) >= 11 is 0. The molecule has 6 nitrogen and oxygen atoms in total. The Bertz CT molecular complexity index is 1030. The molecule has 1 saturated heterocycles. The van der Waals surface area contributed by atoms with E-state index in [2.05, 4.69) is 0 Å². The summed E-state index contributed by atoms with van der Waals surface area (Å²) in [5.74, 6) is 0.872. The van der Waals surface area contributed by atoms with Crippen LogP contribution >= 0.6 is 0 Å². The normalized spacial score (nSPS) is 19.3. The fourth-order valence-electron chi connectivity index (χ4n) is 4.85. The molecule has 7 heteroatoms. The maximum absolute atomic E-state index is 13.9. The van der Waals surface area contributed by atoms with Crippen LogP contribution in [0.2, 0.25) is 0 Å². The number of halogens is 1. The number of hydrogen-bond donors (Lipinski definition) is 1. The van der Waals surface area contributed by atoms with Crippen molar-refractivity contribution in [1.29, 1.82) is 0 Å². The third-order valence-electron chi connectivity index (χ3n) is 6.44. The minimum atomic E-state index is -0.452. The summed E-state index contributed by atoms with van der Waals surface area (Å²) in [4.78, 5) is 15.0. The number of hydrogen-bond acceptors (Lipinski definition) is 5. The molecule has 0 bridgehead atoms. The molecule has 0 radical (unpaired) electrons. The molecule has 0 unspecified atom stereocenters. The molecule has 1 N–H and O–H groups in total. The van der Waals surface area contributed by atoms with Gasteiger partial charge in [-0.1, -0.05) is 0 Å². The Kier molecular flexibility index (Phi) is 7.14. The van der Waals surface area contributed by atoms with Gasteiger partial charge < -0.3 is 24.2 Å². The lowest BCUT2D eigenvalue weighted by molar-refractivity contribution is -0.0873. The van der Waals surface area contributed by atoms with Crippen molar-refractivity contribution < 1.29 is 28.5 Å². The predicted molar refractivity (Wildman–Crippen MR) is 127 cm³/mol. The monoisotopic (exact) mass is 471 g/mol. The zero-order valence-corrected chi connectivity index (χ0v) is 20.3. The molecule has 1 fully saturated rings. The van der Waals surface area contributed by atoms with E-state index < -0.39 is 5.60 Å². The number of piperidine rings is 1. The van der Waals surface area contributed by atoms with Crippen molar-refractivity contribution in [3.8, 4) is 11.5 Å². The number of likely N-dealkylation sites (tertiary alicyclic amines) is 1. The second-order valence-corrected chi connectivity index (χ2v) is 9.78. The second-order valence-electron chi connectivity index (χ2n) is 9.78. The summed E-state index contributed by atoms with van der Waals surface area (Å²) in [6, 6.07) is 9.79. The minimum absolute atomic E-state index is 0.00121. The highest BCUT2D eigenvalue weighted by Crippen LogP contribution is 2.46. The van der Waals surface area contributed by atoms with Crippen molar-refractivity contribution in [1.82, 2.24) is 4.90 Å². The van der Waals surface area contributed by atoms with Gasteiger partial charge in [0.05, 0.1) is 24.9 Å². The molecule has 2 aromatic carbocycles. The second kappa shape index (κ2) is 9.92. The quantitative estimate of drug-likeness (QED) is 0.640. The number of rotatable bonds is 6. The van der Waals surface area contributed by atoms with Gasteiger partial charge in [0.2, 0.25) is 0 Å². The van der Waals surface area contributed by atoms with E-state index in [1.54, 1.807) is 24.3 Å². The lowest BCUT2D eigenvalue weighted by Gasteiger charge is -2.47. The Morgan fingerprint density at radius 3 is 2.53 bits per heavy atom. The van der Waals surface area contributed by atoms with E-state index in [9.17, 15) is 14.3 Å². The third kappa shape index (κ3) is 5.20. The first-order valence-corrected chi connectivity index (χ1v) is 12.0. The van der Waals surface area contributed by atoms with Gasteiger partial charge in [0.25, 0.3) is 5.91 Å². The van der Waals surface area contributed by atoms with Gasteiger partial charge in [0.15, 0.2) is 0 Å². The van der Waals surface area contributed by atoms with E-state index in [1.165, 1.54) is 12.1 Å². The Hall–Kier alpha value is -2.64. The standard InChI is InChI=1S/C27H34FNO5/c1-17(2)32-23-7-5-19(13-20(23)16-30)26(31)29-11-9-27(10-12-29)15-25(33-18(3)4)22-14-21(28)6-8-24(22)34-27/h5-8,13-14,17-18,25,30H,9-12,15-16H2,1-4H3/t25-/m1/s1. The Morgan fingerprint density at radius 1 is 1.15 bits per heavy atom. The zero-order valence-electron chi connectivity index (χ0n) is 20.3. The Balaban J connectivity index is 1.48. The largest absolute Gasteiger partial charge is 0.491 e. The first-order valence-electron chi connectivity index (χ1n) is 12.0. The number of ether oxygens (including phenoxy) is 3. The maximum Gasteiger partial charge on any atom is 0.253 e. The van der Waals surface area contributed by atoms with Crippen LogP contribution in [0.5, 0.6) is 11.5 Å². The molecular formula is C27H34FNO5. The van der Waals surface area contributed by atoms with E-state index in [0.717, 1.165) is 5.56 Å². The van der Waals surface area contributed by atoms with Crippen molar-refractivity contribution in [2.45, 2.75) is 77.5 Å².